The molecule has 0 unspecified atom stereocenters. The molecular weight excluding hydrogens is 448 g/mol. The summed E-state index contributed by atoms with van der Waals surface area (Å²) < 4.78 is 1.41. The van der Waals surface area contributed by atoms with Gasteiger partial charge in [-0.25, -0.2) is 4.79 Å². The summed E-state index contributed by atoms with van der Waals surface area (Å²) in [5.41, 5.74) is 3.48. The van der Waals surface area contributed by atoms with E-state index < -0.39 is 0 Å². The number of phenols is 1. The van der Waals surface area contributed by atoms with E-state index in [1.54, 1.807) is 18.2 Å². The lowest BCUT2D eigenvalue weighted by Gasteiger charge is -2.08. The fraction of sp³-hybridized carbons (Fsp3) is 0.192. The van der Waals surface area contributed by atoms with E-state index in [0.29, 0.717) is 28.4 Å². The summed E-state index contributed by atoms with van der Waals surface area (Å²) >= 11 is 1.36. The molecule has 4 aromatic rings. The number of phenolic OH excluding ortho intramolecular Hbond substituents is 1. The largest absolute Gasteiger partial charge is 0.507 e. The summed E-state index contributed by atoms with van der Waals surface area (Å²) in [5, 5.41) is 22.7. The lowest BCUT2D eigenvalue weighted by molar-refractivity contribution is 0.103. The topological polar surface area (TPSA) is 96.2 Å². The third kappa shape index (κ3) is 4.87. The van der Waals surface area contributed by atoms with Crippen molar-refractivity contribution in [3.63, 3.8) is 0 Å². The van der Waals surface area contributed by atoms with Crippen molar-refractivity contribution in [2.24, 2.45) is 0 Å². The van der Waals surface area contributed by atoms with E-state index in [1.165, 1.54) is 22.1 Å². The van der Waals surface area contributed by atoms with E-state index in [2.05, 4.69) is 15.7 Å². The van der Waals surface area contributed by atoms with Gasteiger partial charge < -0.3 is 15.7 Å². The normalized spacial score (nSPS) is 12.9. The zero-order valence-corrected chi connectivity index (χ0v) is 19.2. The van der Waals surface area contributed by atoms with Crippen LogP contribution in [0.15, 0.2) is 72.1 Å². The van der Waals surface area contributed by atoms with Crippen molar-refractivity contribution in [3.05, 3.63) is 88.2 Å². The SMILES string of the molecule is O=C(Nc1ccc(O)c(-c2cc(C3CC3)n(C(=O)NCCc3ccccc3)n2)c1)c1cccs1. The van der Waals surface area contributed by atoms with Gasteiger partial charge in [-0.1, -0.05) is 36.4 Å². The maximum atomic E-state index is 12.9. The first-order valence-electron chi connectivity index (χ1n) is 11.2. The molecule has 7 nitrogen and oxygen atoms in total. The molecular formula is C26H24N4O3S. The molecule has 2 amide bonds. The molecule has 2 heterocycles. The van der Waals surface area contributed by atoms with Crippen molar-refractivity contribution in [1.82, 2.24) is 15.1 Å². The highest BCUT2D eigenvalue weighted by molar-refractivity contribution is 7.12. The third-order valence-electron chi connectivity index (χ3n) is 5.73. The van der Waals surface area contributed by atoms with E-state index in [9.17, 15) is 14.7 Å². The van der Waals surface area contributed by atoms with Gasteiger partial charge in [-0.2, -0.15) is 9.78 Å². The van der Waals surface area contributed by atoms with Crippen molar-refractivity contribution >= 4 is 29.0 Å². The molecule has 1 aliphatic carbocycles. The van der Waals surface area contributed by atoms with Crippen molar-refractivity contribution in [2.45, 2.75) is 25.2 Å². The first-order chi connectivity index (χ1) is 16.6. The van der Waals surface area contributed by atoms with Crippen LogP contribution in [0.1, 0.15) is 39.7 Å². The number of anilines is 1. The molecule has 0 atom stereocenters. The second-order valence-electron chi connectivity index (χ2n) is 8.27. The third-order valence-corrected chi connectivity index (χ3v) is 6.60. The number of benzene rings is 2. The maximum Gasteiger partial charge on any atom is 0.342 e. The molecule has 0 spiro atoms. The number of thiophene rings is 1. The lowest BCUT2D eigenvalue weighted by Crippen LogP contribution is -2.32. The molecule has 1 fully saturated rings. The molecule has 2 aromatic carbocycles. The Labute approximate surface area is 201 Å². The number of carbonyl (C=O) groups excluding carboxylic acids is 2. The smallest absolute Gasteiger partial charge is 0.342 e. The zero-order valence-electron chi connectivity index (χ0n) is 18.4. The summed E-state index contributed by atoms with van der Waals surface area (Å²) in [5.74, 6) is 0.101. The fourth-order valence-electron chi connectivity index (χ4n) is 3.81. The molecule has 2 aromatic heterocycles. The maximum absolute atomic E-state index is 12.9. The standard InChI is InChI=1S/C26H24N4O3S/c31-23-11-10-19(28-25(32)24-7-4-14-34-24)15-20(23)21-16-22(18-8-9-18)30(29-21)26(33)27-13-12-17-5-2-1-3-6-17/h1-7,10-11,14-16,18,31H,8-9,12-13H2,(H,27,33)(H,28,32). The van der Waals surface area contributed by atoms with Gasteiger partial charge in [0, 0.05) is 23.7 Å². The second-order valence-corrected chi connectivity index (χ2v) is 9.22. The lowest BCUT2D eigenvalue weighted by atomic mass is 10.1. The minimum Gasteiger partial charge on any atom is -0.507 e. The predicted molar refractivity (Wildman–Crippen MR) is 133 cm³/mol. The van der Waals surface area contributed by atoms with Crippen LogP contribution in [0.25, 0.3) is 11.3 Å². The molecule has 0 bridgehead atoms. The number of nitrogens with zero attached hydrogens (tertiary/aromatic N) is 2. The predicted octanol–water partition coefficient (Wildman–Crippen LogP) is 5.25. The van der Waals surface area contributed by atoms with Crippen LogP contribution in [-0.2, 0) is 6.42 Å². The van der Waals surface area contributed by atoms with Crippen LogP contribution in [-0.4, -0.2) is 33.4 Å². The van der Waals surface area contributed by atoms with Crippen LogP contribution in [0, 0.1) is 0 Å². The Morgan fingerprint density at radius 2 is 1.88 bits per heavy atom. The van der Waals surface area contributed by atoms with Gasteiger partial charge in [0.05, 0.1) is 16.3 Å². The zero-order chi connectivity index (χ0) is 23.5. The van der Waals surface area contributed by atoms with Crippen LogP contribution in [0.2, 0.25) is 0 Å². The van der Waals surface area contributed by atoms with Gasteiger partial charge in [0.25, 0.3) is 5.91 Å². The highest BCUT2D eigenvalue weighted by atomic mass is 32.1. The second kappa shape index (κ2) is 9.52. The van der Waals surface area contributed by atoms with Crippen molar-refractivity contribution in [3.8, 4) is 17.0 Å². The number of carbonyl (C=O) groups is 2. The molecule has 5 rings (SSSR count). The molecule has 1 aliphatic rings. The fourth-order valence-corrected chi connectivity index (χ4v) is 4.43. The molecule has 0 radical (unpaired) electrons. The Hall–Kier alpha value is -3.91. The molecule has 0 aliphatic heterocycles. The van der Waals surface area contributed by atoms with Gasteiger partial charge in [0.1, 0.15) is 5.75 Å². The van der Waals surface area contributed by atoms with E-state index in [0.717, 1.165) is 30.5 Å². The van der Waals surface area contributed by atoms with E-state index in [4.69, 9.17) is 0 Å². The van der Waals surface area contributed by atoms with Gasteiger partial charge in [-0.3, -0.25) is 4.79 Å². The first-order valence-corrected chi connectivity index (χ1v) is 12.1. The van der Waals surface area contributed by atoms with Crippen molar-refractivity contribution in [1.29, 1.82) is 0 Å². The summed E-state index contributed by atoms with van der Waals surface area (Å²) in [7, 11) is 0. The number of hydrogen-bond acceptors (Lipinski definition) is 5. The van der Waals surface area contributed by atoms with Gasteiger partial charge in [-0.05, 0) is 60.5 Å². The van der Waals surface area contributed by atoms with Crippen LogP contribution in [0.5, 0.6) is 5.75 Å². The van der Waals surface area contributed by atoms with E-state index >= 15 is 0 Å². The summed E-state index contributed by atoms with van der Waals surface area (Å²) in [6.45, 7) is 0.498. The van der Waals surface area contributed by atoms with E-state index in [-0.39, 0.29) is 23.6 Å². The molecule has 3 N–H and O–H groups in total. The number of hydrogen-bond donors (Lipinski definition) is 3. The Morgan fingerprint density at radius 1 is 1.06 bits per heavy atom. The number of rotatable bonds is 7. The minimum absolute atomic E-state index is 0.0330. The Balaban J connectivity index is 1.35. The average molecular weight is 473 g/mol. The quantitative estimate of drug-likeness (QED) is 0.320. The Morgan fingerprint density at radius 3 is 2.62 bits per heavy atom. The van der Waals surface area contributed by atoms with Gasteiger partial charge in [0.15, 0.2) is 0 Å². The minimum atomic E-state index is -0.286. The van der Waals surface area contributed by atoms with Gasteiger partial charge >= 0.3 is 6.03 Å². The van der Waals surface area contributed by atoms with Crippen molar-refractivity contribution in [2.75, 3.05) is 11.9 Å². The van der Waals surface area contributed by atoms with Crippen molar-refractivity contribution < 1.29 is 14.7 Å². The Bertz CT molecular complexity index is 1310. The Kier molecular flexibility index (Phi) is 6.14. The summed E-state index contributed by atoms with van der Waals surface area (Å²) in [6, 6.07) is 20.0. The number of aromatic hydroxyl groups is 1. The molecule has 8 heteroatoms. The van der Waals surface area contributed by atoms with Crippen LogP contribution >= 0.6 is 11.3 Å². The summed E-state index contributed by atoms with van der Waals surface area (Å²) in [4.78, 5) is 26.0. The van der Waals surface area contributed by atoms with E-state index in [1.807, 2.05) is 47.8 Å². The summed E-state index contributed by atoms with van der Waals surface area (Å²) in [6.07, 6.45) is 2.74. The van der Waals surface area contributed by atoms with Crippen LogP contribution in [0.3, 0.4) is 0 Å². The number of nitrogens with one attached hydrogen (secondary N) is 2. The molecule has 1 saturated carbocycles. The number of aromatic nitrogens is 2. The first kappa shape index (κ1) is 21.9. The highest BCUT2D eigenvalue weighted by Crippen LogP contribution is 2.42. The molecule has 172 valence electrons. The molecule has 34 heavy (non-hydrogen) atoms. The van der Waals surface area contributed by atoms with Crippen LogP contribution < -0.4 is 10.6 Å². The van der Waals surface area contributed by atoms with Gasteiger partial charge in [-0.15, -0.1) is 11.3 Å². The van der Waals surface area contributed by atoms with Gasteiger partial charge in [0.2, 0.25) is 0 Å². The highest BCUT2D eigenvalue weighted by Gasteiger charge is 2.30. The monoisotopic (exact) mass is 472 g/mol. The average Bonchev–Trinajstić information content (AvgIpc) is 3.35. The molecule has 0 saturated heterocycles. The number of amides is 2. The van der Waals surface area contributed by atoms with Crippen LogP contribution in [0.4, 0.5) is 10.5 Å².